The summed E-state index contributed by atoms with van der Waals surface area (Å²) in [6.07, 6.45) is 0. The van der Waals surface area contributed by atoms with Crippen molar-refractivity contribution in [2.24, 2.45) is 0 Å². The van der Waals surface area contributed by atoms with Crippen molar-refractivity contribution in [3.05, 3.63) is 290 Å². The molecule has 0 saturated heterocycles. The smallest absolute Gasteiger partial charge is 0.0619 e. The lowest BCUT2D eigenvalue weighted by Gasteiger charge is -2.26. The maximum absolute atomic E-state index is 2.45. The molecule has 0 saturated carbocycles. The van der Waals surface area contributed by atoms with Gasteiger partial charge in [0.25, 0.3) is 0 Å². The molecule has 0 spiro atoms. The molecule has 0 N–H and O–H groups in total. The van der Waals surface area contributed by atoms with Gasteiger partial charge in [-0.05, 0) is 151 Å². The lowest BCUT2D eigenvalue weighted by atomic mass is 9.80. The van der Waals surface area contributed by atoms with E-state index in [1.54, 1.807) is 0 Å². The van der Waals surface area contributed by atoms with Crippen molar-refractivity contribution in [1.82, 2.24) is 4.57 Å². The highest BCUT2D eigenvalue weighted by atomic mass is 15.1. The van der Waals surface area contributed by atoms with Crippen molar-refractivity contribution >= 4 is 28.0 Å². The largest absolute Gasteiger partial charge is 0.311 e. The average molecular weight is 933 g/mol. The molecule has 12 aromatic rings. The SMILES string of the molecule is CC1(C)c2cc(-c3ccc(N(c4ccc(-c5ccccc5)cc4)c4ccc(-c5ccccc5)cc4)cc3)ccc2-c2ccc(-c3ccc4c(c3)c(-c3ccccc3)c(-c3ccccc3)n4-c3ccccc3)cc21. The molecule has 13 rings (SSSR count). The fourth-order valence-corrected chi connectivity index (χ4v) is 11.3. The fourth-order valence-electron chi connectivity index (χ4n) is 11.3. The standard InChI is InChI=1S/C71H52N2/c1-71(2)66-47-57(53-32-41-62(42-33-53)72(60-37-28-51(29-38-60)49-18-8-3-9-19-49)61-39-30-52(31-40-61)50-20-10-4-11-21-50)34-43-63(66)64-44-35-58(48-67(64)71)56-36-45-68-65(46-56)69(54-22-12-5-13-23-54)70(55-24-14-6-15-25-55)73(68)59-26-16-7-17-27-59/h3-48H,1-2H3. The lowest BCUT2D eigenvalue weighted by Crippen LogP contribution is -2.15. The Morgan fingerprint density at radius 2 is 0.644 bits per heavy atom. The Morgan fingerprint density at radius 1 is 0.301 bits per heavy atom. The second-order valence-electron chi connectivity index (χ2n) is 19.7. The van der Waals surface area contributed by atoms with Gasteiger partial charge in [0.05, 0.1) is 11.2 Å². The number of para-hydroxylation sites is 1. The van der Waals surface area contributed by atoms with E-state index in [4.69, 9.17) is 0 Å². The van der Waals surface area contributed by atoms with Crippen LogP contribution in [0.5, 0.6) is 0 Å². The van der Waals surface area contributed by atoms with Crippen LogP contribution in [-0.2, 0) is 5.41 Å². The first-order valence-electron chi connectivity index (χ1n) is 25.3. The second-order valence-corrected chi connectivity index (χ2v) is 19.7. The molecule has 0 bridgehead atoms. The molecule has 0 fully saturated rings. The molecule has 346 valence electrons. The number of benzene rings is 11. The zero-order valence-corrected chi connectivity index (χ0v) is 41.0. The third kappa shape index (κ3) is 7.85. The number of fused-ring (bicyclic) bond motifs is 4. The monoisotopic (exact) mass is 932 g/mol. The molecule has 0 radical (unpaired) electrons. The van der Waals surface area contributed by atoms with Gasteiger partial charge in [0.2, 0.25) is 0 Å². The number of hydrogen-bond acceptors (Lipinski definition) is 1. The van der Waals surface area contributed by atoms with E-state index in [1.807, 2.05) is 0 Å². The van der Waals surface area contributed by atoms with Gasteiger partial charge < -0.3 is 9.47 Å². The topological polar surface area (TPSA) is 8.17 Å². The third-order valence-corrected chi connectivity index (χ3v) is 15.0. The third-order valence-electron chi connectivity index (χ3n) is 15.0. The molecule has 1 aromatic heterocycles. The maximum atomic E-state index is 2.45. The molecule has 11 aromatic carbocycles. The van der Waals surface area contributed by atoms with Crippen LogP contribution in [0.2, 0.25) is 0 Å². The van der Waals surface area contributed by atoms with Crippen molar-refractivity contribution in [3.63, 3.8) is 0 Å². The molecule has 0 unspecified atom stereocenters. The van der Waals surface area contributed by atoms with Gasteiger partial charge in [-0.2, -0.15) is 0 Å². The zero-order chi connectivity index (χ0) is 48.9. The van der Waals surface area contributed by atoms with Gasteiger partial charge in [-0.1, -0.05) is 220 Å². The van der Waals surface area contributed by atoms with Gasteiger partial charge in [0.1, 0.15) is 0 Å². The molecule has 1 heterocycles. The van der Waals surface area contributed by atoms with Crippen LogP contribution in [0, 0.1) is 0 Å². The molecular weight excluding hydrogens is 881 g/mol. The summed E-state index contributed by atoms with van der Waals surface area (Å²) in [5.41, 5.74) is 25.2. The van der Waals surface area contributed by atoms with E-state index in [0.29, 0.717) is 0 Å². The lowest BCUT2D eigenvalue weighted by molar-refractivity contribution is 0.661. The summed E-state index contributed by atoms with van der Waals surface area (Å²) in [6, 6.07) is 102. The van der Waals surface area contributed by atoms with Crippen LogP contribution in [0.4, 0.5) is 17.1 Å². The summed E-state index contributed by atoms with van der Waals surface area (Å²) in [5.74, 6) is 0. The summed E-state index contributed by atoms with van der Waals surface area (Å²) in [7, 11) is 0. The molecule has 0 aliphatic heterocycles. The summed E-state index contributed by atoms with van der Waals surface area (Å²) in [4.78, 5) is 2.36. The van der Waals surface area contributed by atoms with Crippen molar-refractivity contribution in [1.29, 1.82) is 0 Å². The van der Waals surface area contributed by atoms with Crippen molar-refractivity contribution in [2.45, 2.75) is 19.3 Å². The van der Waals surface area contributed by atoms with Crippen LogP contribution in [-0.4, -0.2) is 4.57 Å². The highest BCUT2D eigenvalue weighted by Gasteiger charge is 2.36. The highest BCUT2D eigenvalue weighted by molar-refractivity contribution is 6.07. The van der Waals surface area contributed by atoms with Crippen molar-refractivity contribution in [2.75, 3.05) is 4.90 Å². The quantitative estimate of drug-likeness (QED) is 0.133. The second kappa shape index (κ2) is 18.2. The molecular formula is C71H52N2. The van der Waals surface area contributed by atoms with Gasteiger partial charge in [-0.3, -0.25) is 0 Å². The Kier molecular flexibility index (Phi) is 10.9. The number of aromatic nitrogens is 1. The van der Waals surface area contributed by atoms with Gasteiger partial charge in [0, 0.05) is 39.1 Å². The van der Waals surface area contributed by atoms with Crippen LogP contribution in [0.15, 0.2) is 279 Å². The van der Waals surface area contributed by atoms with Crippen LogP contribution in [0.1, 0.15) is 25.0 Å². The normalized spacial score (nSPS) is 12.4. The number of anilines is 3. The van der Waals surface area contributed by atoms with Gasteiger partial charge in [-0.15, -0.1) is 0 Å². The minimum Gasteiger partial charge on any atom is -0.311 e. The van der Waals surface area contributed by atoms with Crippen LogP contribution < -0.4 is 4.90 Å². The Hall–Kier alpha value is -9.24. The first-order valence-corrected chi connectivity index (χ1v) is 25.3. The van der Waals surface area contributed by atoms with E-state index in [-0.39, 0.29) is 5.41 Å². The Balaban J connectivity index is 0.844. The predicted molar refractivity (Wildman–Crippen MR) is 308 cm³/mol. The summed E-state index contributed by atoms with van der Waals surface area (Å²) in [5, 5.41) is 1.23. The van der Waals surface area contributed by atoms with E-state index in [0.717, 1.165) is 22.7 Å². The first-order chi connectivity index (χ1) is 36.0. The minimum atomic E-state index is -0.207. The summed E-state index contributed by atoms with van der Waals surface area (Å²) < 4.78 is 2.44. The van der Waals surface area contributed by atoms with Crippen LogP contribution in [0.25, 0.3) is 94.6 Å². The van der Waals surface area contributed by atoms with Crippen molar-refractivity contribution in [3.8, 4) is 83.7 Å². The molecule has 0 atom stereocenters. The Bertz CT molecular complexity index is 3830. The molecule has 1 aliphatic rings. The van der Waals surface area contributed by atoms with Gasteiger partial charge >= 0.3 is 0 Å². The Morgan fingerprint density at radius 3 is 1.11 bits per heavy atom. The highest BCUT2D eigenvalue weighted by Crippen LogP contribution is 2.52. The minimum absolute atomic E-state index is 0.207. The van der Waals surface area contributed by atoms with Crippen molar-refractivity contribution < 1.29 is 0 Å². The first kappa shape index (κ1) is 43.8. The zero-order valence-electron chi connectivity index (χ0n) is 41.0. The molecule has 2 heteroatoms. The van der Waals surface area contributed by atoms with E-state index in [1.165, 1.54) is 100 Å². The van der Waals surface area contributed by atoms with E-state index < -0.39 is 0 Å². The molecule has 73 heavy (non-hydrogen) atoms. The van der Waals surface area contributed by atoms with Gasteiger partial charge in [0.15, 0.2) is 0 Å². The number of hydrogen-bond donors (Lipinski definition) is 0. The number of rotatable bonds is 10. The number of nitrogens with zero attached hydrogens (tertiary/aromatic N) is 2. The fraction of sp³-hybridized carbons (Fsp3) is 0.0423. The summed E-state index contributed by atoms with van der Waals surface area (Å²) in [6.45, 7) is 4.78. The van der Waals surface area contributed by atoms with E-state index in [2.05, 4.69) is 302 Å². The van der Waals surface area contributed by atoms with Gasteiger partial charge in [-0.25, -0.2) is 0 Å². The summed E-state index contributed by atoms with van der Waals surface area (Å²) >= 11 is 0. The van der Waals surface area contributed by atoms with E-state index in [9.17, 15) is 0 Å². The average Bonchev–Trinajstić information content (AvgIpc) is 3.93. The molecule has 0 amide bonds. The van der Waals surface area contributed by atoms with Crippen LogP contribution in [0.3, 0.4) is 0 Å². The molecule has 2 nitrogen and oxygen atoms in total. The predicted octanol–water partition coefficient (Wildman–Crippen LogP) is 19.4. The Labute approximate surface area is 428 Å². The maximum Gasteiger partial charge on any atom is 0.0619 e. The van der Waals surface area contributed by atoms with E-state index >= 15 is 0 Å². The van der Waals surface area contributed by atoms with Crippen LogP contribution >= 0.6 is 0 Å². The molecule has 1 aliphatic carbocycles.